The van der Waals surface area contributed by atoms with Gasteiger partial charge in [0.15, 0.2) is 0 Å². The molecule has 176 valence electrons. The van der Waals surface area contributed by atoms with E-state index in [0.717, 1.165) is 48.2 Å². The van der Waals surface area contributed by atoms with Crippen molar-refractivity contribution in [1.29, 1.82) is 0 Å². The molecule has 0 saturated carbocycles. The Labute approximate surface area is 198 Å². The SMILES string of the molecule is CCN(CC)c1ccc(-c2nnc(SC(C)C(=O)Nc3ccc(Cl)cc3C(F)(F)F)o2)cc1. The number of anilines is 2. The van der Waals surface area contributed by atoms with E-state index >= 15 is 0 Å². The fraction of sp³-hybridized carbons (Fsp3) is 0.318. The zero-order valence-electron chi connectivity index (χ0n) is 18.1. The third kappa shape index (κ3) is 6.20. The molecule has 1 N–H and O–H groups in total. The summed E-state index contributed by atoms with van der Waals surface area (Å²) in [5.41, 5.74) is 0.402. The smallest absolute Gasteiger partial charge is 0.411 e. The van der Waals surface area contributed by atoms with Gasteiger partial charge in [-0.05, 0) is 63.2 Å². The molecule has 0 aliphatic heterocycles. The molecular formula is C22H22ClF3N4O2S. The first-order valence-electron chi connectivity index (χ1n) is 10.2. The average Bonchev–Trinajstić information content (AvgIpc) is 3.24. The molecule has 0 spiro atoms. The molecule has 0 aliphatic rings. The van der Waals surface area contributed by atoms with E-state index in [1.165, 1.54) is 13.0 Å². The fourth-order valence-corrected chi connectivity index (χ4v) is 3.93. The highest BCUT2D eigenvalue weighted by Gasteiger charge is 2.34. The molecule has 33 heavy (non-hydrogen) atoms. The molecule has 2 aromatic carbocycles. The zero-order valence-corrected chi connectivity index (χ0v) is 19.7. The minimum atomic E-state index is -4.66. The average molecular weight is 499 g/mol. The predicted molar refractivity (Wildman–Crippen MR) is 124 cm³/mol. The number of carbonyl (C=O) groups excluding carboxylic acids is 1. The molecule has 3 rings (SSSR count). The van der Waals surface area contributed by atoms with Crippen LogP contribution in [0.4, 0.5) is 24.5 Å². The van der Waals surface area contributed by atoms with Gasteiger partial charge in [0.25, 0.3) is 5.22 Å². The van der Waals surface area contributed by atoms with Crippen LogP contribution in [0, 0.1) is 0 Å². The van der Waals surface area contributed by atoms with Crippen LogP contribution in [0.15, 0.2) is 52.1 Å². The molecule has 1 unspecified atom stereocenters. The van der Waals surface area contributed by atoms with Crippen molar-refractivity contribution in [2.45, 2.75) is 37.4 Å². The van der Waals surface area contributed by atoms with Crippen LogP contribution in [-0.2, 0) is 11.0 Å². The predicted octanol–water partition coefficient (Wildman–Crippen LogP) is 6.37. The second-order valence-electron chi connectivity index (χ2n) is 7.03. The number of aromatic nitrogens is 2. The highest BCUT2D eigenvalue weighted by molar-refractivity contribution is 8.00. The lowest BCUT2D eigenvalue weighted by Crippen LogP contribution is -2.24. The normalized spacial score (nSPS) is 12.5. The van der Waals surface area contributed by atoms with Crippen molar-refractivity contribution < 1.29 is 22.4 Å². The van der Waals surface area contributed by atoms with Crippen LogP contribution in [0.1, 0.15) is 26.3 Å². The summed E-state index contributed by atoms with van der Waals surface area (Å²) in [6, 6.07) is 10.8. The number of benzene rings is 2. The first-order chi connectivity index (χ1) is 15.6. The number of halogens is 4. The first kappa shape index (κ1) is 24.9. The van der Waals surface area contributed by atoms with Gasteiger partial charge < -0.3 is 14.6 Å². The lowest BCUT2D eigenvalue weighted by atomic mass is 10.1. The van der Waals surface area contributed by atoms with Gasteiger partial charge in [-0.25, -0.2) is 0 Å². The zero-order chi connectivity index (χ0) is 24.2. The number of nitrogens with one attached hydrogen (secondary N) is 1. The van der Waals surface area contributed by atoms with Gasteiger partial charge in [0.1, 0.15) is 0 Å². The number of nitrogens with zero attached hydrogens (tertiary/aromatic N) is 3. The molecule has 3 aromatic rings. The first-order valence-corrected chi connectivity index (χ1v) is 11.4. The van der Waals surface area contributed by atoms with Gasteiger partial charge in [0.05, 0.1) is 16.5 Å². The Morgan fingerprint density at radius 3 is 2.42 bits per heavy atom. The molecule has 1 atom stereocenters. The molecule has 1 amide bonds. The van der Waals surface area contributed by atoms with Crippen LogP contribution in [0.3, 0.4) is 0 Å². The summed E-state index contributed by atoms with van der Waals surface area (Å²) in [7, 11) is 0. The molecule has 6 nitrogen and oxygen atoms in total. The van der Waals surface area contributed by atoms with Crippen LogP contribution >= 0.6 is 23.4 Å². The Kier molecular flexibility index (Phi) is 7.91. The molecule has 0 saturated heterocycles. The van der Waals surface area contributed by atoms with Gasteiger partial charge in [0.2, 0.25) is 11.8 Å². The van der Waals surface area contributed by atoms with Crippen LogP contribution in [-0.4, -0.2) is 34.4 Å². The van der Waals surface area contributed by atoms with E-state index in [-0.39, 0.29) is 21.8 Å². The maximum Gasteiger partial charge on any atom is 0.418 e. The maximum absolute atomic E-state index is 13.2. The lowest BCUT2D eigenvalue weighted by Gasteiger charge is -2.20. The number of carbonyl (C=O) groups is 1. The maximum atomic E-state index is 13.2. The second kappa shape index (κ2) is 10.5. The Balaban J connectivity index is 1.67. The molecule has 0 radical (unpaired) electrons. The van der Waals surface area contributed by atoms with E-state index < -0.39 is 22.9 Å². The number of hydrogen-bond acceptors (Lipinski definition) is 6. The summed E-state index contributed by atoms with van der Waals surface area (Å²) in [6.07, 6.45) is -4.66. The van der Waals surface area contributed by atoms with Crippen molar-refractivity contribution in [2.24, 2.45) is 0 Å². The molecule has 1 aromatic heterocycles. The quantitative estimate of drug-likeness (QED) is 0.364. The van der Waals surface area contributed by atoms with Gasteiger partial charge in [0, 0.05) is 29.4 Å². The standard InChI is InChI=1S/C22H22ClF3N4O2S/c1-4-30(5-2)16-9-6-14(7-10-16)20-28-29-21(32-20)33-13(3)19(31)27-18-11-8-15(23)12-17(18)22(24,25)26/h6-13H,4-5H2,1-3H3,(H,27,31). The fourth-order valence-electron chi connectivity index (χ4n) is 3.08. The van der Waals surface area contributed by atoms with Crippen LogP contribution < -0.4 is 10.2 Å². The lowest BCUT2D eigenvalue weighted by molar-refractivity contribution is -0.137. The van der Waals surface area contributed by atoms with E-state index in [1.54, 1.807) is 0 Å². The minimum absolute atomic E-state index is 0.0775. The third-order valence-corrected chi connectivity index (χ3v) is 6.01. The van der Waals surface area contributed by atoms with Crippen molar-refractivity contribution in [2.75, 3.05) is 23.3 Å². The second-order valence-corrected chi connectivity index (χ2v) is 8.76. The highest BCUT2D eigenvalue weighted by atomic mass is 35.5. The van der Waals surface area contributed by atoms with Crippen molar-refractivity contribution in [3.63, 3.8) is 0 Å². The number of hydrogen-bond donors (Lipinski definition) is 1. The number of thioether (sulfide) groups is 1. The van der Waals surface area contributed by atoms with Crippen LogP contribution in [0.5, 0.6) is 0 Å². The van der Waals surface area contributed by atoms with Crippen molar-refractivity contribution >= 4 is 40.6 Å². The van der Waals surface area contributed by atoms with Crippen LogP contribution in [0.2, 0.25) is 5.02 Å². The Morgan fingerprint density at radius 1 is 1.15 bits per heavy atom. The summed E-state index contributed by atoms with van der Waals surface area (Å²) in [5, 5.41) is 9.51. The summed E-state index contributed by atoms with van der Waals surface area (Å²) < 4.78 is 45.4. The largest absolute Gasteiger partial charge is 0.418 e. The number of alkyl halides is 3. The van der Waals surface area contributed by atoms with E-state index in [2.05, 4.69) is 34.3 Å². The van der Waals surface area contributed by atoms with Gasteiger partial charge in [-0.15, -0.1) is 10.2 Å². The number of rotatable bonds is 8. The molecule has 0 bridgehead atoms. The van der Waals surface area contributed by atoms with E-state index in [1.807, 2.05) is 24.3 Å². The number of amides is 1. The topological polar surface area (TPSA) is 71.3 Å². The summed E-state index contributed by atoms with van der Waals surface area (Å²) in [6.45, 7) is 7.46. The molecule has 0 fully saturated rings. The Morgan fingerprint density at radius 2 is 1.82 bits per heavy atom. The third-order valence-electron chi connectivity index (χ3n) is 4.84. The van der Waals surface area contributed by atoms with Gasteiger partial charge in [-0.1, -0.05) is 23.4 Å². The Bertz CT molecular complexity index is 1100. The summed E-state index contributed by atoms with van der Waals surface area (Å²) in [5.74, 6) is -0.357. The van der Waals surface area contributed by atoms with Gasteiger partial charge in [-0.3, -0.25) is 4.79 Å². The Hall–Kier alpha value is -2.72. The molecule has 1 heterocycles. The van der Waals surface area contributed by atoms with Gasteiger partial charge >= 0.3 is 6.18 Å². The minimum Gasteiger partial charge on any atom is -0.411 e. The molecular weight excluding hydrogens is 477 g/mol. The van der Waals surface area contributed by atoms with Crippen LogP contribution in [0.25, 0.3) is 11.5 Å². The monoisotopic (exact) mass is 498 g/mol. The van der Waals surface area contributed by atoms with E-state index in [0.29, 0.717) is 0 Å². The highest BCUT2D eigenvalue weighted by Crippen LogP contribution is 2.37. The van der Waals surface area contributed by atoms with Crippen molar-refractivity contribution in [1.82, 2.24) is 10.2 Å². The van der Waals surface area contributed by atoms with E-state index in [4.69, 9.17) is 16.0 Å². The molecule has 11 heteroatoms. The summed E-state index contributed by atoms with van der Waals surface area (Å²) in [4.78, 5) is 14.7. The van der Waals surface area contributed by atoms with Gasteiger partial charge in [-0.2, -0.15) is 13.2 Å². The molecule has 0 aliphatic carbocycles. The van der Waals surface area contributed by atoms with E-state index in [9.17, 15) is 18.0 Å². The summed E-state index contributed by atoms with van der Waals surface area (Å²) >= 11 is 6.62. The van der Waals surface area contributed by atoms with Crippen molar-refractivity contribution in [3.05, 3.63) is 53.1 Å². The van der Waals surface area contributed by atoms with Crippen molar-refractivity contribution in [3.8, 4) is 11.5 Å².